The molecule has 0 aliphatic heterocycles. The number of halogens is 1. The summed E-state index contributed by atoms with van der Waals surface area (Å²) in [5.74, 6) is 0. The van der Waals surface area contributed by atoms with Gasteiger partial charge in [0.1, 0.15) is 0 Å². The maximum atomic E-state index is 12.5. The van der Waals surface area contributed by atoms with Crippen LogP contribution in [0.5, 0.6) is 0 Å². The third-order valence-electron chi connectivity index (χ3n) is 5.19. The molecule has 0 unspecified atom stereocenters. The number of aryl methyl sites for hydroxylation is 2. The number of nitrogens with zero attached hydrogens (tertiary/aromatic N) is 1. The van der Waals surface area contributed by atoms with E-state index in [1.54, 1.807) is 17.7 Å². The van der Waals surface area contributed by atoms with Gasteiger partial charge in [-0.2, -0.15) is 0 Å². The van der Waals surface area contributed by atoms with Crippen molar-refractivity contribution in [3.05, 3.63) is 105 Å². The highest BCUT2D eigenvalue weighted by Gasteiger charge is 2.14. The van der Waals surface area contributed by atoms with E-state index in [0.717, 1.165) is 38.7 Å². The Morgan fingerprint density at radius 2 is 1.64 bits per heavy atom. The molecule has 0 aliphatic carbocycles. The van der Waals surface area contributed by atoms with Crippen molar-refractivity contribution in [2.75, 3.05) is 0 Å². The molecule has 4 aromatic rings. The Bertz CT molecular complexity index is 1230. The van der Waals surface area contributed by atoms with Crippen molar-refractivity contribution in [2.45, 2.75) is 13.0 Å². The quantitative estimate of drug-likeness (QED) is 0.523. The first-order valence-electron chi connectivity index (χ1n) is 9.16. The number of hydrogen-bond donors (Lipinski definition) is 1. The highest BCUT2D eigenvalue weighted by atomic mass is 35.5. The van der Waals surface area contributed by atoms with Gasteiger partial charge in [-0.15, -0.1) is 0 Å². The van der Waals surface area contributed by atoms with E-state index < -0.39 is 0 Å². The summed E-state index contributed by atoms with van der Waals surface area (Å²) in [5.41, 5.74) is 12.5. The van der Waals surface area contributed by atoms with Crippen molar-refractivity contribution in [1.29, 1.82) is 0 Å². The second-order valence-electron chi connectivity index (χ2n) is 7.13. The van der Waals surface area contributed by atoms with Crippen LogP contribution in [0.2, 0.25) is 5.02 Å². The molecule has 140 valence electrons. The third kappa shape index (κ3) is 3.35. The van der Waals surface area contributed by atoms with Crippen LogP contribution >= 0.6 is 11.6 Å². The molecule has 0 saturated heterocycles. The molecule has 2 N–H and O–H groups in total. The SMILES string of the molecule is Cc1cccc(-c2cc(=O)n(C)c3ccc([C@H](N)c4ccc(Cl)cc4)cc23)c1. The first-order chi connectivity index (χ1) is 13.4. The van der Waals surface area contributed by atoms with Crippen LogP contribution in [0.3, 0.4) is 0 Å². The van der Waals surface area contributed by atoms with E-state index in [4.69, 9.17) is 17.3 Å². The molecule has 0 bridgehead atoms. The van der Waals surface area contributed by atoms with Crippen LogP contribution < -0.4 is 11.3 Å². The smallest absolute Gasteiger partial charge is 0.251 e. The van der Waals surface area contributed by atoms with Crippen LogP contribution in [0.15, 0.2) is 77.6 Å². The summed E-state index contributed by atoms with van der Waals surface area (Å²) < 4.78 is 1.67. The van der Waals surface area contributed by atoms with Crippen molar-refractivity contribution in [3.63, 3.8) is 0 Å². The van der Waals surface area contributed by atoms with Gasteiger partial charge in [0.05, 0.1) is 11.6 Å². The normalized spacial score (nSPS) is 12.3. The van der Waals surface area contributed by atoms with E-state index in [2.05, 4.69) is 25.1 Å². The highest BCUT2D eigenvalue weighted by Crippen LogP contribution is 2.31. The minimum absolute atomic E-state index is 0.0289. The van der Waals surface area contributed by atoms with Crippen molar-refractivity contribution in [3.8, 4) is 11.1 Å². The summed E-state index contributed by atoms with van der Waals surface area (Å²) in [5, 5.41) is 1.70. The van der Waals surface area contributed by atoms with Gasteiger partial charge >= 0.3 is 0 Å². The van der Waals surface area contributed by atoms with Crippen LogP contribution in [-0.2, 0) is 7.05 Å². The van der Waals surface area contributed by atoms with Gasteiger partial charge in [0.15, 0.2) is 0 Å². The number of aromatic nitrogens is 1. The van der Waals surface area contributed by atoms with E-state index in [1.807, 2.05) is 48.5 Å². The molecular formula is C24H21ClN2O. The van der Waals surface area contributed by atoms with Gasteiger partial charge in [0.25, 0.3) is 5.56 Å². The van der Waals surface area contributed by atoms with Crippen LogP contribution in [0.1, 0.15) is 22.7 Å². The first kappa shape index (κ1) is 18.5. The minimum Gasteiger partial charge on any atom is -0.320 e. The van der Waals surface area contributed by atoms with Crippen LogP contribution in [-0.4, -0.2) is 4.57 Å². The fraction of sp³-hybridized carbons (Fsp3) is 0.125. The fourth-order valence-electron chi connectivity index (χ4n) is 3.59. The molecule has 0 fully saturated rings. The molecule has 1 heterocycles. The maximum absolute atomic E-state index is 12.5. The molecule has 0 radical (unpaired) electrons. The van der Waals surface area contributed by atoms with E-state index in [1.165, 1.54) is 0 Å². The lowest BCUT2D eigenvalue weighted by atomic mass is 9.94. The Morgan fingerprint density at radius 3 is 2.36 bits per heavy atom. The predicted molar refractivity (Wildman–Crippen MR) is 117 cm³/mol. The van der Waals surface area contributed by atoms with Crippen LogP contribution in [0, 0.1) is 6.92 Å². The van der Waals surface area contributed by atoms with Gasteiger partial charge in [0, 0.05) is 23.5 Å². The molecule has 0 aliphatic rings. The fourth-order valence-corrected chi connectivity index (χ4v) is 3.71. The molecule has 1 aromatic heterocycles. The lowest BCUT2D eigenvalue weighted by Crippen LogP contribution is -2.17. The van der Waals surface area contributed by atoms with Gasteiger partial charge in [-0.3, -0.25) is 4.79 Å². The summed E-state index contributed by atoms with van der Waals surface area (Å²) in [6.07, 6.45) is 0. The highest BCUT2D eigenvalue weighted by molar-refractivity contribution is 6.30. The topological polar surface area (TPSA) is 48.0 Å². The Morgan fingerprint density at radius 1 is 0.929 bits per heavy atom. The van der Waals surface area contributed by atoms with Crippen molar-refractivity contribution in [2.24, 2.45) is 12.8 Å². The lowest BCUT2D eigenvalue weighted by molar-refractivity contribution is 0.869. The second kappa shape index (κ2) is 7.27. The summed E-state index contributed by atoms with van der Waals surface area (Å²) in [6.45, 7) is 2.05. The Kier molecular flexibility index (Phi) is 4.80. The molecule has 4 heteroatoms. The number of fused-ring (bicyclic) bond motifs is 1. The zero-order valence-corrected chi connectivity index (χ0v) is 16.6. The standard InChI is InChI=1S/C24H21ClN2O/c1-15-4-3-5-17(12-15)20-14-23(28)27(2)22-11-8-18(13-21(20)22)24(26)16-6-9-19(25)10-7-16/h3-14,24H,26H2,1-2H3/t24-/m1/s1. The zero-order valence-electron chi connectivity index (χ0n) is 15.8. The number of hydrogen-bond acceptors (Lipinski definition) is 2. The number of nitrogens with two attached hydrogens (primary N) is 1. The molecule has 0 saturated carbocycles. The summed E-state index contributed by atoms with van der Waals surface area (Å²) >= 11 is 6.00. The van der Waals surface area contributed by atoms with E-state index in [9.17, 15) is 4.79 Å². The Balaban J connectivity index is 1.92. The van der Waals surface area contributed by atoms with E-state index in [0.29, 0.717) is 5.02 Å². The summed E-state index contributed by atoms with van der Waals surface area (Å²) in [6, 6.07) is 23.3. The average Bonchev–Trinajstić information content (AvgIpc) is 2.70. The second-order valence-corrected chi connectivity index (χ2v) is 7.57. The largest absolute Gasteiger partial charge is 0.320 e. The lowest BCUT2D eigenvalue weighted by Gasteiger charge is -2.16. The number of rotatable bonds is 3. The Labute approximate surface area is 169 Å². The third-order valence-corrected chi connectivity index (χ3v) is 5.44. The van der Waals surface area contributed by atoms with E-state index >= 15 is 0 Å². The van der Waals surface area contributed by atoms with Crippen molar-refractivity contribution < 1.29 is 0 Å². The molecule has 0 amide bonds. The molecule has 3 aromatic carbocycles. The molecule has 4 rings (SSSR count). The number of benzene rings is 3. The van der Waals surface area contributed by atoms with Crippen LogP contribution in [0.4, 0.5) is 0 Å². The molecular weight excluding hydrogens is 368 g/mol. The molecule has 1 atom stereocenters. The van der Waals surface area contributed by atoms with Crippen molar-refractivity contribution >= 4 is 22.5 Å². The van der Waals surface area contributed by atoms with Gasteiger partial charge < -0.3 is 10.3 Å². The van der Waals surface area contributed by atoms with Gasteiger partial charge in [-0.1, -0.05) is 59.6 Å². The maximum Gasteiger partial charge on any atom is 0.251 e. The van der Waals surface area contributed by atoms with Gasteiger partial charge in [0.2, 0.25) is 0 Å². The molecule has 0 spiro atoms. The van der Waals surface area contributed by atoms with Gasteiger partial charge in [-0.25, -0.2) is 0 Å². The number of pyridine rings is 1. The molecule has 3 nitrogen and oxygen atoms in total. The molecule has 28 heavy (non-hydrogen) atoms. The zero-order chi connectivity index (χ0) is 19.8. The van der Waals surface area contributed by atoms with Gasteiger partial charge in [-0.05, 0) is 53.4 Å². The van der Waals surface area contributed by atoms with Crippen molar-refractivity contribution in [1.82, 2.24) is 4.57 Å². The first-order valence-corrected chi connectivity index (χ1v) is 9.53. The monoisotopic (exact) mass is 388 g/mol. The average molecular weight is 389 g/mol. The summed E-state index contributed by atoms with van der Waals surface area (Å²) in [4.78, 5) is 12.5. The predicted octanol–water partition coefficient (Wildman–Crippen LogP) is 5.22. The minimum atomic E-state index is -0.274. The van der Waals surface area contributed by atoms with Crippen LogP contribution in [0.25, 0.3) is 22.0 Å². The Hall–Kier alpha value is -2.88. The van der Waals surface area contributed by atoms with E-state index in [-0.39, 0.29) is 11.6 Å². The summed E-state index contributed by atoms with van der Waals surface area (Å²) in [7, 11) is 1.80.